The molecule has 2 aromatic carbocycles. The first-order valence-corrected chi connectivity index (χ1v) is 15.7. The predicted molar refractivity (Wildman–Crippen MR) is 168 cm³/mol. The maximum Gasteiger partial charge on any atom is 0.317 e. The smallest absolute Gasteiger partial charge is 0.317 e. The minimum absolute atomic E-state index is 0.127. The molecule has 0 amide bonds. The van der Waals surface area contributed by atoms with Gasteiger partial charge in [-0.1, -0.05) is 83.9 Å². The maximum absolute atomic E-state index is 11.5. The molecule has 7 nitrogen and oxygen atoms in total. The summed E-state index contributed by atoms with van der Waals surface area (Å²) in [6, 6.07) is 16.8. The summed E-state index contributed by atoms with van der Waals surface area (Å²) < 4.78 is 12.0. The Morgan fingerprint density at radius 3 is 2.31 bits per heavy atom. The second-order valence-corrected chi connectivity index (χ2v) is 12.8. The molecule has 0 radical (unpaired) electrons. The molecule has 0 spiro atoms. The first-order chi connectivity index (χ1) is 20.1. The standard InChI is InChI=1S/C34H43N3O4S/c1-6-8-25(9-7-2)26-14-16-28(17-15-26)40-22-24-10-12-27(13-11-24)29-23-42-32(36-29)20-37(21-33(38)39)19-31-35-18-30(41-31)34(3,4)5/h10-18,23,25H,6-9,19-22H2,1-5H3,(H,38,39). The molecule has 0 aliphatic heterocycles. The molecule has 0 bridgehead atoms. The largest absolute Gasteiger partial charge is 0.489 e. The molecule has 0 fully saturated rings. The molecule has 0 atom stereocenters. The Bertz CT molecular complexity index is 1400. The molecule has 0 aliphatic carbocycles. The molecule has 1 N–H and O–H groups in total. The molecular weight excluding hydrogens is 546 g/mol. The van der Waals surface area contributed by atoms with Gasteiger partial charge in [0, 0.05) is 16.4 Å². The number of hydrogen-bond acceptors (Lipinski definition) is 7. The fraction of sp³-hybridized carbons (Fsp3) is 0.441. The van der Waals surface area contributed by atoms with Gasteiger partial charge in [0.15, 0.2) is 0 Å². The van der Waals surface area contributed by atoms with Gasteiger partial charge in [0.1, 0.15) is 23.1 Å². The summed E-state index contributed by atoms with van der Waals surface area (Å²) in [5.74, 6) is 1.88. The summed E-state index contributed by atoms with van der Waals surface area (Å²) in [6.45, 7) is 11.7. The Kier molecular flexibility index (Phi) is 10.9. The van der Waals surface area contributed by atoms with Gasteiger partial charge in [-0.2, -0.15) is 0 Å². The van der Waals surface area contributed by atoms with Crippen molar-refractivity contribution in [1.82, 2.24) is 14.9 Å². The SMILES string of the molecule is CCCC(CCC)c1ccc(OCc2ccc(-c3csc(CN(CC(=O)O)Cc4ncc(C(C)(C)C)o4)n3)cc2)cc1. The summed E-state index contributed by atoms with van der Waals surface area (Å²) in [5, 5.41) is 12.3. The minimum atomic E-state index is -0.902. The van der Waals surface area contributed by atoms with Crippen LogP contribution in [0.4, 0.5) is 0 Å². The fourth-order valence-electron chi connectivity index (χ4n) is 4.94. The van der Waals surface area contributed by atoms with Crippen LogP contribution in [-0.4, -0.2) is 32.5 Å². The number of hydrogen-bond donors (Lipinski definition) is 1. The third-order valence-corrected chi connectivity index (χ3v) is 8.04. The summed E-state index contributed by atoms with van der Waals surface area (Å²) in [7, 11) is 0. The van der Waals surface area contributed by atoms with E-state index < -0.39 is 5.97 Å². The Balaban J connectivity index is 1.34. The lowest BCUT2D eigenvalue weighted by Gasteiger charge is -2.17. The number of aromatic nitrogens is 2. The van der Waals surface area contributed by atoms with Crippen LogP contribution in [0.1, 0.15) is 94.0 Å². The summed E-state index contributed by atoms with van der Waals surface area (Å²) in [5.41, 5.74) is 4.20. The lowest BCUT2D eigenvalue weighted by molar-refractivity contribution is -0.138. The third kappa shape index (κ3) is 9.00. The molecule has 42 heavy (non-hydrogen) atoms. The van der Waals surface area contributed by atoms with E-state index in [2.05, 4.69) is 88.1 Å². The van der Waals surface area contributed by atoms with Gasteiger partial charge in [0.25, 0.3) is 0 Å². The van der Waals surface area contributed by atoms with Crippen molar-refractivity contribution in [2.75, 3.05) is 6.54 Å². The van der Waals surface area contributed by atoms with Crippen LogP contribution in [0.15, 0.2) is 64.5 Å². The van der Waals surface area contributed by atoms with Gasteiger partial charge in [-0.15, -0.1) is 11.3 Å². The highest BCUT2D eigenvalue weighted by Crippen LogP contribution is 2.29. The van der Waals surface area contributed by atoms with E-state index in [1.54, 1.807) is 11.1 Å². The Labute approximate surface area is 253 Å². The monoisotopic (exact) mass is 589 g/mol. The van der Waals surface area contributed by atoms with Crippen molar-refractivity contribution in [1.29, 1.82) is 0 Å². The zero-order chi connectivity index (χ0) is 30.1. The van der Waals surface area contributed by atoms with E-state index in [0.717, 1.165) is 33.3 Å². The summed E-state index contributed by atoms with van der Waals surface area (Å²) in [4.78, 5) is 22.5. The van der Waals surface area contributed by atoms with Crippen molar-refractivity contribution in [3.8, 4) is 17.0 Å². The second kappa shape index (κ2) is 14.6. The van der Waals surface area contributed by atoms with E-state index in [0.29, 0.717) is 31.5 Å². The van der Waals surface area contributed by atoms with Crippen LogP contribution in [0.2, 0.25) is 0 Å². The topological polar surface area (TPSA) is 88.7 Å². The van der Waals surface area contributed by atoms with Crippen LogP contribution < -0.4 is 4.74 Å². The van der Waals surface area contributed by atoms with Gasteiger partial charge < -0.3 is 14.3 Å². The van der Waals surface area contributed by atoms with E-state index in [1.165, 1.54) is 42.6 Å². The van der Waals surface area contributed by atoms with E-state index in [9.17, 15) is 9.90 Å². The zero-order valence-corrected chi connectivity index (χ0v) is 26.2. The lowest BCUT2D eigenvalue weighted by Crippen LogP contribution is -2.29. The number of oxazole rings is 1. The van der Waals surface area contributed by atoms with Crippen molar-refractivity contribution in [2.45, 2.75) is 91.3 Å². The number of thiazole rings is 1. The molecule has 0 saturated carbocycles. The van der Waals surface area contributed by atoms with E-state index in [-0.39, 0.29) is 12.0 Å². The zero-order valence-electron chi connectivity index (χ0n) is 25.4. The molecule has 0 aliphatic rings. The summed E-state index contributed by atoms with van der Waals surface area (Å²) in [6.07, 6.45) is 6.57. The van der Waals surface area contributed by atoms with Crippen molar-refractivity contribution in [3.63, 3.8) is 0 Å². The number of nitrogens with zero attached hydrogens (tertiary/aromatic N) is 3. The van der Waals surface area contributed by atoms with Crippen LogP contribution in [0.3, 0.4) is 0 Å². The lowest BCUT2D eigenvalue weighted by atomic mass is 9.90. The molecule has 2 heterocycles. The van der Waals surface area contributed by atoms with Gasteiger partial charge in [-0.25, -0.2) is 9.97 Å². The quantitative estimate of drug-likeness (QED) is 0.149. The summed E-state index contributed by atoms with van der Waals surface area (Å²) >= 11 is 1.52. The van der Waals surface area contributed by atoms with Crippen molar-refractivity contribution < 1.29 is 19.1 Å². The van der Waals surface area contributed by atoms with Crippen molar-refractivity contribution in [3.05, 3.63) is 87.9 Å². The van der Waals surface area contributed by atoms with Crippen molar-refractivity contribution in [2.24, 2.45) is 0 Å². The van der Waals surface area contributed by atoms with Gasteiger partial charge in [-0.3, -0.25) is 9.69 Å². The van der Waals surface area contributed by atoms with Gasteiger partial charge in [0.05, 0.1) is 31.5 Å². The Morgan fingerprint density at radius 2 is 1.71 bits per heavy atom. The number of ether oxygens (including phenoxy) is 1. The van der Waals surface area contributed by atoms with Crippen LogP contribution >= 0.6 is 11.3 Å². The van der Waals surface area contributed by atoms with E-state index in [1.807, 2.05) is 5.38 Å². The maximum atomic E-state index is 11.5. The van der Waals surface area contributed by atoms with Crippen LogP contribution in [-0.2, 0) is 29.9 Å². The molecule has 8 heteroatoms. The van der Waals surface area contributed by atoms with Crippen LogP contribution in [0.5, 0.6) is 5.75 Å². The number of aliphatic carboxylic acids is 1. The van der Waals surface area contributed by atoms with Gasteiger partial charge in [0.2, 0.25) is 5.89 Å². The highest BCUT2D eigenvalue weighted by molar-refractivity contribution is 7.09. The highest BCUT2D eigenvalue weighted by atomic mass is 32.1. The van der Waals surface area contributed by atoms with E-state index in [4.69, 9.17) is 14.1 Å². The fourth-order valence-corrected chi connectivity index (χ4v) is 5.78. The minimum Gasteiger partial charge on any atom is -0.489 e. The van der Waals surface area contributed by atoms with Crippen LogP contribution in [0.25, 0.3) is 11.3 Å². The average Bonchev–Trinajstić information content (AvgIpc) is 3.62. The molecule has 4 rings (SSSR count). The Hall–Kier alpha value is -3.49. The van der Waals surface area contributed by atoms with Crippen LogP contribution in [0, 0.1) is 0 Å². The average molecular weight is 590 g/mol. The normalized spacial score (nSPS) is 11.9. The molecule has 224 valence electrons. The molecular formula is C34H43N3O4S. The molecule has 0 saturated heterocycles. The first kappa shape index (κ1) is 31.4. The predicted octanol–water partition coefficient (Wildman–Crippen LogP) is 8.45. The second-order valence-electron chi connectivity index (χ2n) is 11.9. The molecule has 0 unspecified atom stereocenters. The number of carboxylic acids is 1. The number of rotatable bonds is 15. The number of benzene rings is 2. The van der Waals surface area contributed by atoms with Crippen molar-refractivity contribution >= 4 is 17.3 Å². The molecule has 4 aromatic rings. The molecule has 2 aromatic heterocycles. The highest BCUT2D eigenvalue weighted by Gasteiger charge is 2.21. The number of carboxylic acid groups (broad SMARTS) is 1. The van der Waals surface area contributed by atoms with Gasteiger partial charge in [-0.05, 0) is 42.0 Å². The number of carbonyl (C=O) groups is 1. The third-order valence-electron chi connectivity index (χ3n) is 7.20. The first-order valence-electron chi connectivity index (χ1n) is 14.8. The van der Waals surface area contributed by atoms with E-state index >= 15 is 0 Å². The van der Waals surface area contributed by atoms with Gasteiger partial charge >= 0.3 is 5.97 Å². The Morgan fingerprint density at radius 1 is 1.02 bits per heavy atom.